The Labute approximate surface area is 125 Å². The number of rotatable bonds is 4. The van der Waals surface area contributed by atoms with Crippen molar-refractivity contribution in [3.8, 4) is 0 Å². The van der Waals surface area contributed by atoms with Gasteiger partial charge in [-0.1, -0.05) is 12.1 Å². The number of aromatic nitrogens is 1. The fourth-order valence-electron chi connectivity index (χ4n) is 2.14. The summed E-state index contributed by atoms with van der Waals surface area (Å²) in [6.07, 6.45) is 3.28. The molecule has 0 saturated heterocycles. The monoisotopic (exact) mass is 305 g/mol. The minimum absolute atomic E-state index is 0.194. The van der Waals surface area contributed by atoms with Crippen molar-refractivity contribution in [3.63, 3.8) is 0 Å². The van der Waals surface area contributed by atoms with E-state index >= 15 is 0 Å². The second-order valence-electron chi connectivity index (χ2n) is 5.06. The number of aryl methyl sites for hydroxylation is 2. The molecule has 1 heterocycles. The van der Waals surface area contributed by atoms with Gasteiger partial charge in [0.1, 0.15) is 4.90 Å². The van der Waals surface area contributed by atoms with Gasteiger partial charge in [0.25, 0.3) is 0 Å². The number of nitrogens with zero attached hydrogens (tertiary/aromatic N) is 2. The Kier molecular flexibility index (Phi) is 4.29. The maximum atomic E-state index is 12.8. The van der Waals surface area contributed by atoms with Crippen molar-refractivity contribution in [2.45, 2.75) is 25.3 Å². The molecule has 2 rings (SSSR count). The predicted molar refractivity (Wildman–Crippen MR) is 83.2 cm³/mol. The summed E-state index contributed by atoms with van der Waals surface area (Å²) in [5, 5.41) is 0. The van der Waals surface area contributed by atoms with E-state index < -0.39 is 10.0 Å². The van der Waals surface area contributed by atoms with Crippen LogP contribution in [0.4, 0.5) is 5.69 Å². The molecule has 0 spiro atoms. The van der Waals surface area contributed by atoms with E-state index in [0.717, 1.165) is 11.1 Å². The number of anilines is 1. The first kappa shape index (κ1) is 15.5. The molecule has 112 valence electrons. The Morgan fingerprint density at radius 2 is 1.67 bits per heavy atom. The lowest BCUT2D eigenvalue weighted by atomic mass is 10.1. The van der Waals surface area contributed by atoms with Crippen LogP contribution in [-0.2, 0) is 16.6 Å². The van der Waals surface area contributed by atoms with Gasteiger partial charge in [-0.2, -0.15) is 4.31 Å². The highest BCUT2D eigenvalue weighted by Gasteiger charge is 2.26. The van der Waals surface area contributed by atoms with Gasteiger partial charge in [0.05, 0.1) is 5.69 Å². The largest absolute Gasteiger partial charge is 0.397 e. The average molecular weight is 305 g/mol. The molecule has 6 heteroatoms. The van der Waals surface area contributed by atoms with Gasteiger partial charge < -0.3 is 5.73 Å². The van der Waals surface area contributed by atoms with Gasteiger partial charge >= 0.3 is 0 Å². The van der Waals surface area contributed by atoms with Gasteiger partial charge in [0.15, 0.2) is 0 Å². The van der Waals surface area contributed by atoms with Gasteiger partial charge in [-0.05, 0) is 42.7 Å². The van der Waals surface area contributed by atoms with Crippen LogP contribution in [0, 0.1) is 13.8 Å². The van der Waals surface area contributed by atoms with Crippen molar-refractivity contribution in [3.05, 3.63) is 53.3 Å². The molecule has 0 fully saturated rings. The van der Waals surface area contributed by atoms with E-state index in [4.69, 9.17) is 5.73 Å². The summed E-state index contributed by atoms with van der Waals surface area (Å²) in [7, 11) is -2.08. The first-order valence-corrected chi connectivity index (χ1v) is 7.99. The number of pyridine rings is 1. The fourth-order valence-corrected chi connectivity index (χ4v) is 3.68. The standard InChI is InChI=1S/C15H19N3O2S/c1-11-4-5-12(2)15(14(11)16)21(19,20)18(3)10-13-6-8-17-9-7-13/h4-9H,10,16H2,1-3H3. The molecule has 2 N–H and O–H groups in total. The lowest BCUT2D eigenvalue weighted by Crippen LogP contribution is -2.28. The van der Waals surface area contributed by atoms with Crippen LogP contribution >= 0.6 is 0 Å². The van der Waals surface area contributed by atoms with Gasteiger partial charge in [0.2, 0.25) is 10.0 Å². The second-order valence-corrected chi connectivity index (χ2v) is 7.04. The molecule has 0 radical (unpaired) electrons. The molecular formula is C15H19N3O2S. The zero-order chi connectivity index (χ0) is 15.6. The van der Waals surface area contributed by atoms with Crippen LogP contribution in [0.25, 0.3) is 0 Å². The predicted octanol–water partition coefficient (Wildman–Crippen LogP) is 2.10. The molecule has 21 heavy (non-hydrogen) atoms. The Balaban J connectivity index is 2.41. The van der Waals surface area contributed by atoms with Gasteiger partial charge in [-0.15, -0.1) is 0 Å². The molecule has 0 bridgehead atoms. The van der Waals surface area contributed by atoms with Crippen LogP contribution in [0.5, 0.6) is 0 Å². The number of nitrogen functional groups attached to an aromatic ring is 1. The molecule has 2 aromatic rings. The summed E-state index contributed by atoms with van der Waals surface area (Å²) >= 11 is 0. The number of hydrogen-bond donors (Lipinski definition) is 1. The topological polar surface area (TPSA) is 76.3 Å². The maximum Gasteiger partial charge on any atom is 0.245 e. The summed E-state index contributed by atoms with van der Waals surface area (Å²) in [4.78, 5) is 4.12. The van der Waals surface area contributed by atoms with Crippen LogP contribution < -0.4 is 5.73 Å². The SMILES string of the molecule is Cc1ccc(C)c(S(=O)(=O)N(C)Cc2ccncc2)c1N. The number of nitrogens with two attached hydrogens (primary N) is 1. The lowest BCUT2D eigenvalue weighted by Gasteiger charge is -2.20. The van der Waals surface area contributed by atoms with Crippen LogP contribution in [0.3, 0.4) is 0 Å². The van der Waals surface area contributed by atoms with Gasteiger partial charge in [-0.25, -0.2) is 8.42 Å². The van der Waals surface area contributed by atoms with Crippen molar-refractivity contribution in [2.24, 2.45) is 0 Å². The average Bonchev–Trinajstić information content (AvgIpc) is 2.44. The van der Waals surface area contributed by atoms with Crippen molar-refractivity contribution in [2.75, 3.05) is 12.8 Å². The van der Waals surface area contributed by atoms with Crippen LogP contribution in [0.2, 0.25) is 0 Å². The highest BCUT2D eigenvalue weighted by atomic mass is 32.2. The van der Waals surface area contributed by atoms with E-state index in [1.807, 2.05) is 6.07 Å². The van der Waals surface area contributed by atoms with Crippen molar-refractivity contribution < 1.29 is 8.42 Å². The smallest absolute Gasteiger partial charge is 0.245 e. The minimum atomic E-state index is -3.63. The molecule has 0 amide bonds. The summed E-state index contributed by atoms with van der Waals surface area (Å²) in [5.74, 6) is 0. The van der Waals surface area contributed by atoms with E-state index in [-0.39, 0.29) is 11.4 Å². The zero-order valence-corrected chi connectivity index (χ0v) is 13.2. The van der Waals surface area contributed by atoms with Gasteiger partial charge in [-0.3, -0.25) is 4.98 Å². The Hall–Kier alpha value is -1.92. The highest BCUT2D eigenvalue weighted by Crippen LogP contribution is 2.28. The number of hydrogen-bond acceptors (Lipinski definition) is 4. The summed E-state index contributed by atoms with van der Waals surface area (Å²) in [6.45, 7) is 3.83. The molecule has 0 aliphatic rings. The van der Waals surface area contributed by atoms with Crippen LogP contribution in [-0.4, -0.2) is 24.8 Å². The lowest BCUT2D eigenvalue weighted by molar-refractivity contribution is 0.466. The molecule has 0 saturated carbocycles. The molecular weight excluding hydrogens is 286 g/mol. The summed E-state index contributed by atoms with van der Waals surface area (Å²) in [5.41, 5.74) is 8.59. The van der Waals surface area contributed by atoms with Crippen LogP contribution in [0.15, 0.2) is 41.6 Å². The molecule has 0 atom stereocenters. The Morgan fingerprint density at radius 1 is 1.10 bits per heavy atom. The van der Waals surface area contributed by atoms with Crippen molar-refractivity contribution in [1.29, 1.82) is 0 Å². The molecule has 0 unspecified atom stereocenters. The quantitative estimate of drug-likeness (QED) is 0.878. The third-order valence-electron chi connectivity index (χ3n) is 3.43. The van der Waals surface area contributed by atoms with Crippen molar-refractivity contribution in [1.82, 2.24) is 9.29 Å². The second kappa shape index (κ2) is 5.83. The first-order valence-electron chi connectivity index (χ1n) is 6.55. The molecule has 0 aliphatic carbocycles. The number of sulfonamides is 1. The van der Waals surface area contributed by atoms with E-state index in [0.29, 0.717) is 11.3 Å². The normalized spacial score (nSPS) is 11.8. The summed E-state index contributed by atoms with van der Waals surface area (Å²) < 4.78 is 26.8. The minimum Gasteiger partial charge on any atom is -0.397 e. The molecule has 0 aliphatic heterocycles. The van der Waals surface area contributed by atoms with Crippen molar-refractivity contribution >= 4 is 15.7 Å². The third kappa shape index (κ3) is 3.06. The Morgan fingerprint density at radius 3 is 2.29 bits per heavy atom. The number of benzene rings is 1. The zero-order valence-electron chi connectivity index (χ0n) is 12.4. The maximum absolute atomic E-state index is 12.8. The van der Waals surface area contributed by atoms with E-state index in [9.17, 15) is 8.42 Å². The van der Waals surface area contributed by atoms with E-state index in [1.54, 1.807) is 51.5 Å². The summed E-state index contributed by atoms with van der Waals surface area (Å²) in [6, 6.07) is 7.18. The third-order valence-corrected chi connectivity index (χ3v) is 5.44. The first-order chi connectivity index (χ1) is 9.84. The molecule has 1 aromatic carbocycles. The fraction of sp³-hybridized carbons (Fsp3) is 0.267. The molecule has 1 aromatic heterocycles. The Bertz CT molecular complexity index is 743. The molecule has 5 nitrogen and oxygen atoms in total. The van der Waals surface area contributed by atoms with Crippen LogP contribution in [0.1, 0.15) is 16.7 Å². The van der Waals surface area contributed by atoms with E-state index in [1.165, 1.54) is 4.31 Å². The van der Waals surface area contributed by atoms with Gasteiger partial charge in [0, 0.05) is 26.0 Å². The highest BCUT2D eigenvalue weighted by molar-refractivity contribution is 7.89. The van der Waals surface area contributed by atoms with E-state index in [2.05, 4.69) is 4.98 Å².